The molecule has 0 aromatic carbocycles. The van der Waals surface area contributed by atoms with Crippen LogP contribution in [0.3, 0.4) is 0 Å². The summed E-state index contributed by atoms with van der Waals surface area (Å²) in [6.07, 6.45) is 5.82. The van der Waals surface area contributed by atoms with E-state index in [0.29, 0.717) is 12.5 Å². The van der Waals surface area contributed by atoms with Gasteiger partial charge in [-0.25, -0.2) is 0 Å². The molecule has 0 bridgehead atoms. The van der Waals surface area contributed by atoms with Crippen LogP contribution in [0.2, 0.25) is 0 Å². The minimum Gasteiger partial charge on any atom is -0.388 e. The number of aliphatic hydroxyl groups is 1. The van der Waals surface area contributed by atoms with Crippen LogP contribution >= 0.6 is 0 Å². The van der Waals surface area contributed by atoms with Crippen molar-refractivity contribution in [2.24, 2.45) is 17.6 Å². The molecular weight excluding hydrogens is 228 g/mol. The molecule has 2 fully saturated rings. The zero-order valence-corrected chi connectivity index (χ0v) is 11.4. The average molecular weight is 254 g/mol. The van der Waals surface area contributed by atoms with Crippen molar-refractivity contribution in [3.8, 4) is 0 Å². The number of amides is 1. The van der Waals surface area contributed by atoms with E-state index < -0.39 is 5.60 Å². The summed E-state index contributed by atoms with van der Waals surface area (Å²) in [6.45, 7) is 3.89. The van der Waals surface area contributed by atoms with Crippen LogP contribution in [0.5, 0.6) is 0 Å². The van der Waals surface area contributed by atoms with Gasteiger partial charge >= 0.3 is 0 Å². The molecule has 2 rings (SSSR count). The van der Waals surface area contributed by atoms with Crippen LogP contribution in [0.1, 0.15) is 45.4 Å². The molecule has 1 unspecified atom stereocenters. The highest BCUT2D eigenvalue weighted by Crippen LogP contribution is 2.31. The number of nitrogens with two attached hydrogens (primary N) is 1. The topological polar surface area (TPSA) is 66.6 Å². The quantitative estimate of drug-likeness (QED) is 0.776. The molecule has 1 amide bonds. The third-order valence-electron chi connectivity index (χ3n) is 4.52. The van der Waals surface area contributed by atoms with Crippen molar-refractivity contribution in [3.63, 3.8) is 0 Å². The fourth-order valence-electron chi connectivity index (χ4n) is 3.31. The highest BCUT2D eigenvalue weighted by atomic mass is 16.3. The maximum Gasteiger partial charge on any atom is 0.225 e. The van der Waals surface area contributed by atoms with Crippen LogP contribution in [0.4, 0.5) is 0 Å². The van der Waals surface area contributed by atoms with Crippen LogP contribution in [-0.4, -0.2) is 41.1 Å². The fraction of sp³-hybridized carbons (Fsp3) is 0.929. The lowest BCUT2D eigenvalue weighted by atomic mass is 9.81. The van der Waals surface area contributed by atoms with Crippen molar-refractivity contribution in [1.82, 2.24) is 4.90 Å². The summed E-state index contributed by atoms with van der Waals surface area (Å²) in [5.41, 5.74) is 4.98. The van der Waals surface area contributed by atoms with Gasteiger partial charge in [0.15, 0.2) is 0 Å². The Hall–Kier alpha value is -0.610. The second-order valence-corrected chi connectivity index (χ2v) is 6.31. The summed E-state index contributed by atoms with van der Waals surface area (Å²) >= 11 is 0. The Bertz CT molecular complexity index is 296. The summed E-state index contributed by atoms with van der Waals surface area (Å²) in [7, 11) is 0. The predicted octanol–water partition coefficient (Wildman–Crippen LogP) is 1.12. The molecule has 0 radical (unpaired) electrons. The van der Waals surface area contributed by atoms with Gasteiger partial charge in [0, 0.05) is 19.0 Å². The summed E-state index contributed by atoms with van der Waals surface area (Å²) in [5, 5.41) is 10.1. The van der Waals surface area contributed by atoms with Crippen LogP contribution in [0.25, 0.3) is 0 Å². The zero-order chi connectivity index (χ0) is 13.2. The van der Waals surface area contributed by atoms with Gasteiger partial charge in [-0.05, 0) is 57.9 Å². The minimum atomic E-state index is -0.692. The third-order valence-corrected chi connectivity index (χ3v) is 4.52. The largest absolute Gasteiger partial charge is 0.388 e. The van der Waals surface area contributed by atoms with Crippen molar-refractivity contribution in [2.75, 3.05) is 19.6 Å². The van der Waals surface area contributed by atoms with Gasteiger partial charge in [-0.2, -0.15) is 0 Å². The van der Waals surface area contributed by atoms with Crippen LogP contribution in [0.15, 0.2) is 0 Å². The Morgan fingerprint density at radius 3 is 2.61 bits per heavy atom. The Balaban J connectivity index is 1.88. The number of carbonyl (C=O) groups is 1. The molecule has 3 N–H and O–H groups in total. The predicted molar refractivity (Wildman–Crippen MR) is 70.9 cm³/mol. The van der Waals surface area contributed by atoms with Crippen molar-refractivity contribution < 1.29 is 9.90 Å². The number of hydrogen-bond donors (Lipinski definition) is 2. The summed E-state index contributed by atoms with van der Waals surface area (Å²) in [6, 6.07) is 0. The average Bonchev–Trinajstić information content (AvgIpc) is 2.37. The molecule has 104 valence electrons. The van der Waals surface area contributed by atoms with Crippen molar-refractivity contribution >= 4 is 5.91 Å². The molecule has 1 heterocycles. The monoisotopic (exact) mass is 254 g/mol. The van der Waals surface area contributed by atoms with Gasteiger partial charge in [-0.3, -0.25) is 4.79 Å². The lowest BCUT2D eigenvalue weighted by molar-refractivity contribution is -0.143. The van der Waals surface area contributed by atoms with Gasteiger partial charge in [-0.1, -0.05) is 0 Å². The standard InChI is InChI=1S/C14H26N2O2/c1-14(18)7-2-8-16(10-14)13(17)12-5-3-11(9-15)4-6-12/h11-12,18H,2-10,15H2,1H3. The third kappa shape index (κ3) is 3.23. The van der Waals surface area contributed by atoms with Crippen molar-refractivity contribution in [2.45, 2.75) is 51.0 Å². The number of carbonyl (C=O) groups excluding carboxylic acids is 1. The molecular formula is C14H26N2O2. The van der Waals surface area contributed by atoms with Crippen molar-refractivity contribution in [3.05, 3.63) is 0 Å². The Morgan fingerprint density at radius 2 is 2.06 bits per heavy atom. The van der Waals surface area contributed by atoms with Gasteiger partial charge in [-0.15, -0.1) is 0 Å². The van der Waals surface area contributed by atoms with E-state index in [0.717, 1.165) is 51.6 Å². The molecule has 4 heteroatoms. The highest BCUT2D eigenvalue weighted by Gasteiger charge is 2.35. The summed E-state index contributed by atoms with van der Waals surface area (Å²) in [5.74, 6) is 1.03. The first kappa shape index (κ1) is 13.8. The van der Waals surface area contributed by atoms with Crippen LogP contribution < -0.4 is 5.73 Å². The molecule has 1 atom stereocenters. The Morgan fingerprint density at radius 1 is 1.39 bits per heavy atom. The van der Waals surface area contributed by atoms with E-state index in [2.05, 4.69) is 0 Å². The number of β-amino-alcohol motifs (C(OH)–C–C–N with tert-alkyl or cyclic N) is 1. The van der Waals surface area contributed by atoms with E-state index in [-0.39, 0.29) is 11.8 Å². The van der Waals surface area contributed by atoms with Gasteiger partial charge < -0.3 is 15.7 Å². The first-order valence-electron chi connectivity index (χ1n) is 7.23. The fourth-order valence-corrected chi connectivity index (χ4v) is 3.31. The number of hydrogen-bond acceptors (Lipinski definition) is 3. The van der Waals surface area contributed by atoms with Gasteiger partial charge in [0.05, 0.1) is 5.60 Å². The van der Waals surface area contributed by atoms with E-state index in [1.165, 1.54) is 0 Å². The summed E-state index contributed by atoms with van der Waals surface area (Å²) < 4.78 is 0. The van der Waals surface area contributed by atoms with E-state index >= 15 is 0 Å². The molecule has 4 nitrogen and oxygen atoms in total. The summed E-state index contributed by atoms with van der Waals surface area (Å²) in [4.78, 5) is 14.3. The molecule has 1 saturated carbocycles. The molecule has 0 aromatic heterocycles. The number of rotatable bonds is 2. The molecule has 0 spiro atoms. The van der Waals surface area contributed by atoms with Crippen molar-refractivity contribution in [1.29, 1.82) is 0 Å². The minimum absolute atomic E-state index is 0.168. The Kier molecular flexibility index (Phi) is 4.28. The normalized spacial score (nSPS) is 37.6. The van der Waals surface area contributed by atoms with E-state index in [1.54, 1.807) is 0 Å². The molecule has 1 aliphatic heterocycles. The first-order chi connectivity index (χ1) is 8.52. The van der Waals surface area contributed by atoms with Gasteiger partial charge in [0.25, 0.3) is 0 Å². The maximum absolute atomic E-state index is 12.4. The second kappa shape index (κ2) is 5.57. The number of likely N-dealkylation sites (tertiary alicyclic amines) is 1. The number of piperidine rings is 1. The number of nitrogens with zero attached hydrogens (tertiary/aromatic N) is 1. The van der Waals surface area contributed by atoms with Crippen LogP contribution in [0, 0.1) is 11.8 Å². The van der Waals surface area contributed by atoms with E-state index in [1.807, 2.05) is 11.8 Å². The molecule has 0 aromatic rings. The SMILES string of the molecule is CC1(O)CCCN(C(=O)C2CCC(CN)CC2)C1. The first-order valence-corrected chi connectivity index (χ1v) is 7.23. The lowest BCUT2D eigenvalue weighted by Crippen LogP contribution is -2.50. The van der Waals surface area contributed by atoms with E-state index in [9.17, 15) is 9.90 Å². The molecule has 1 aliphatic carbocycles. The smallest absolute Gasteiger partial charge is 0.225 e. The molecule has 1 saturated heterocycles. The van der Waals surface area contributed by atoms with E-state index in [4.69, 9.17) is 5.73 Å². The van der Waals surface area contributed by atoms with Gasteiger partial charge in [0.1, 0.15) is 0 Å². The molecule has 18 heavy (non-hydrogen) atoms. The maximum atomic E-state index is 12.4. The van der Waals surface area contributed by atoms with Gasteiger partial charge in [0.2, 0.25) is 5.91 Å². The molecule has 2 aliphatic rings. The Labute approximate surface area is 110 Å². The highest BCUT2D eigenvalue weighted by molar-refractivity contribution is 5.79. The van der Waals surface area contributed by atoms with Crippen LogP contribution in [-0.2, 0) is 4.79 Å². The second-order valence-electron chi connectivity index (χ2n) is 6.31. The lowest BCUT2D eigenvalue weighted by Gasteiger charge is -2.39. The zero-order valence-electron chi connectivity index (χ0n) is 11.4.